The van der Waals surface area contributed by atoms with Crippen molar-refractivity contribution in [3.63, 3.8) is 0 Å². The largest absolute Gasteiger partial charge is 0.353 e. The summed E-state index contributed by atoms with van der Waals surface area (Å²) in [6.45, 7) is 12.8. The van der Waals surface area contributed by atoms with Crippen LogP contribution in [-0.4, -0.2) is 19.5 Å². The summed E-state index contributed by atoms with van der Waals surface area (Å²) in [7, 11) is 0. The molecule has 0 unspecified atom stereocenters. The van der Waals surface area contributed by atoms with Gasteiger partial charge in [-0.25, -0.2) is 0 Å². The number of hydrogen-bond acceptors (Lipinski definition) is 2. The maximum Gasteiger partial charge on any atom is 0.157 e. The molecule has 0 aliphatic carbocycles. The second kappa shape index (κ2) is 12.0. The molecule has 0 aromatic heterocycles. The average molecular weight is 258 g/mol. The minimum Gasteiger partial charge on any atom is -0.353 e. The summed E-state index contributed by atoms with van der Waals surface area (Å²) in [5, 5.41) is 0. The third-order valence-electron chi connectivity index (χ3n) is 3.09. The topological polar surface area (TPSA) is 18.5 Å². The summed E-state index contributed by atoms with van der Waals surface area (Å²) in [6, 6.07) is 0. The lowest BCUT2D eigenvalue weighted by atomic mass is 9.97. The molecule has 1 atom stereocenters. The predicted octanol–water partition coefficient (Wildman–Crippen LogP) is 5.02. The van der Waals surface area contributed by atoms with Crippen molar-refractivity contribution in [2.24, 2.45) is 11.8 Å². The van der Waals surface area contributed by atoms with Gasteiger partial charge in [-0.2, -0.15) is 0 Å². The van der Waals surface area contributed by atoms with Crippen LogP contribution in [0.3, 0.4) is 0 Å². The van der Waals surface area contributed by atoms with Gasteiger partial charge in [-0.1, -0.05) is 53.9 Å². The summed E-state index contributed by atoms with van der Waals surface area (Å²) < 4.78 is 11.5. The lowest BCUT2D eigenvalue weighted by molar-refractivity contribution is -0.151. The Labute approximate surface area is 114 Å². The van der Waals surface area contributed by atoms with Crippen molar-refractivity contribution in [2.75, 3.05) is 13.2 Å². The fraction of sp³-hybridized carbons (Fsp3) is 1.00. The second-order valence-corrected chi connectivity index (χ2v) is 5.84. The lowest BCUT2D eigenvalue weighted by Crippen LogP contribution is -2.21. The molecule has 0 N–H and O–H groups in total. The molecule has 0 saturated carbocycles. The number of ether oxygens (including phenoxy) is 2. The maximum atomic E-state index is 5.77. The molecule has 0 aliphatic heterocycles. The molecule has 110 valence electrons. The summed E-state index contributed by atoms with van der Waals surface area (Å²) >= 11 is 0. The normalized spacial score (nSPS) is 13.5. The quantitative estimate of drug-likeness (QED) is 0.458. The van der Waals surface area contributed by atoms with E-state index in [1.807, 2.05) is 0 Å². The van der Waals surface area contributed by atoms with Crippen LogP contribution < -0.4 is 0 Å². The van der Waals surface area contributed by atoms with Gasteiger partial charge in [0.05, 0.1) is 0 Å². The third-order valence-corrected chi connectivity index (χ3v) is 3.09. The number of hydrogen-bond donors (Lipinski definition) is 0. The third kappa shape index (κ3) is 11.0. The van der Waals surface area contributed by atoms with E-state index in [-0.39, 0.29) is 6.29 Å². The summed E-state index contributed by atoms with van der Waals surface area (Å²) in [4.78, 5) is 0. The van der Waals surface area contributed by atoms with Crippen LogP contribution >= 0.6 is 0 Å². The van der Waals surface area contributed by atoms with Crippen LogP contribution in [0.2, 0.25) is 0 Å². The first-order chi connectivity index (χ1) is 8.60. The van der Waals surface area contributed by atoms with Gasteiger partial charge in [0.25, 0.3) is 0 Å². The molecular formula is C16H34O2. The van der Waals surface area contributed by atoms with E-state index in [0.29, 0.717) is 5.92 Å². The van der Waals surface area contributed by atoms with Crippen LogP contribution in [0.4, 0.5) is 0 Å². The van der Waals surface area contributed by atoms with Crippen molar-refractivity contribution in [3.05, 3.63) is 0 Å². The molecule has 2 nitrogen and oxygen atoms in total. The first-order valence-corrected chi connectivity index (χ1v) is 7.83. The van der Waals surface area contributed by atoms with Gasteiger partial charge in [0, 0.05) is 19.6 Å². The predicted molar refractivity (Wildman–Crippen MR) is 78.7 cm³/mol. The Morgan fingerprint density at radius 3 is 1.83 bits per heavy atom. The van der Waals surface area contributed by atoms with E-state index in [9.17, 15) is 0 Å². The first kappa shape index (κ1) is 17.9. The monoisotopic (exact) mass is 258 g/mol. The van der Waals surface area contributed by atoms with Gasteiger partial charge in [-0.05, 0) is 24.7 Å². The molecule has 0 aliphatic rings. The minimum absolute atomic E-state index is 0.0129. The molecule has 0 aromatic carbocycles. The molecule has 0 radical (unpaired) electrons. The smallest absolute Gasteiger partial charge is 0.157 e. The van der Waals surface area contributed by atoms with Crippen molar-refractivity contribution >= 4 is 0 Å². The molecule has 0 amide bonds. The van der Waals surface area contributed by atoms with Crippen LogP contribution in [0.25, 0.3) is 0 Å². The van der Waals surface area contributed by atoms with E-state index in [1.165, 1.54) is 19.3 Å². The molecule has 2 heteroatoms. The Bertz CT molecular complexity index is 160. The molecule has 0 fully saturated rings. The van der Waals surface area contributed by atoms with Crippen molar-refractivity contribution < 1.29 is 9.47 Å². The summed E-state index contributed by atoms with van der Waals surface area (Å²) in [5.74, 6) is 1.52. The van der Waals surface area contributed by atoms with E-state index in [2.05, 4.69) is 34.6 Å². The first-order valence-electron chi connectivity index (χ1n) is 7.83. The van der Waals surface area contributed by atoms with E-state index in [4.69, 9.17) is 9.47 Å². The van der Waals surface area contributed by atoms with Gasteiger partial charge < -0.3 is 9.47 Å². The van der Waals surface area contributed by atoms with Gasteiger partial charge in [-0.15, -0.1) is 0 Å². The summed E-state index contributed by atoms with van der Waals surface area (Å²) in [5.41, 5.74) is 0. The van der Waals surface area contributed by atoms with Gasteiger partial charge in [0.15, 0.2) is 6.29 Å². The SMILES string of the molecule is CCCOC(C[C@H](C)CCCC(C)C)OCCC. The van der Waals surface area contributed by atoms with Crippen molar-refractivity contribution in [2.45, 2.75) is 79.4 Å². The zero-order chi connectivity index (χ0) is 13.8. The Morgan fingerprint density at radius 2 is 1.39 bits per heavy atom. The van der Waals surface area contributed by atoms with Gasteiger partial charge >= 0.3 is 0 Å². The van der Waals surface area contributed by atoms with Gasteiger partial charge in [0.2, 0.25) is 0 Å². The van der Waals surface area contributed by atoms with Crippen molar-refractivity contribution in [1.29, 1.82) is 0 Å². The molecule has 0 aromatic rings. The van der Waals surface area contributed by atoms with Crippen LogP contribution in [0, 0.1) is 11.8 Å². The fourth-order valence-electron chi connectivity index (χ4n) is 2.00. The van der Waals surface area contributed by atoms with Crippen LogP contribution in [0.5, 0.6) is 0 Å². The van der Waals surface area contributed by atoms with Crippen molar-refractivity contribution in [1.82, 2.24) is 0 Å². The highest BCUT2D eigenvalue weighted by molar-refractivity contribution is 4.58. The highest BCUT2D eigenvalue weighted by Crippen LogP contribution is 2.19. The molecule has 0 spiro atoms. The Morgan fingerprint density at radius 1 is 0.833 bits per heavy atom. The van der Waals surface area contributed by atoms with Crippen LogP contribution in [0.1, 0.15) is 73.1 Å². The second-order valence-electron chi connectivity index (χ2n) is 5.84. The Hall–Kier alpha value is -0.0800. The van der Waals surface area contributed by atoms with E-state index < -0.39 is 0 Å². The average Bonchev–Trinajstić information content (AvgIpc) is 2.32. The van der Waals surface area contributed by atoms with Gasteiger partial charge in [0.1, 0.15) is 0 Å². The van der Waals surface area contributed by atoms with E-state index >= 15 is 0 Å². The standard InChI is InChI=1S/C16H34O2/c1-6-11-17-16(18-12-7-2)13-15(5)10-8-9-14(3)4/h14-16H,6-13H2,1-5H3/t15-/m1/s1. The molecule has 0 heterocycles. The Balaban J connectivity index is 3.81. The van der Waals surface area contributed by atoms with Crippen LogP contribution in [0.15, 0.2) is 0 Å². The molecule has 0 rings (SSSR count). The number of rotatable bonds is 12. The van der Waals surface area contributed by atoms with E-state index in [0.717, 1.165) is 38.4 Å². The van der Waals surface area contributed by atoms with Crippen molar-refractivity contribution in [3.8, 4) is 0 Å². The molecular weight excluding hydrogens is 224 g/mol. The zero-order valence-electron chi connectivity index (χ0n) is 13.2. The molecule has 18 heavy (non-hydrogen) atoms. The van der Waals surface area contributed by atoms with Gasteiger partial charge in [-0.3, -0.25) is 0 Å². The zero-order valence-corrected chi connectivity index (χ0v) is 13.2. The van der Waals surface area contributed by atoms with E-state index in [1.54, 1.807) is 0 Å². The summed E-state index contributed by atoms with van der Waals surface area (Å²) in [6.07, 6.45) is 7.13. The lowest BCUT2D eigenvalue weighted by Gasteiger charge is -2.22. The maximum absolute atomic E-state index is 5.77. The highest BCUT2D eigenvalue weighted by atomic mass is 16.7. The Kier molecular flexibility index (Phi) is 11.9. The highest BCUT2D eigenvalue weighted by Gasteiger charge is 2.14. The molecule has 0 bridgehead atoms. The van der Waals surface area contributed by atoms with Crippen LogP contribution in [-0.2, 0) is 9.47 Å². The molecule has 0 saturated heterocycles. The minimum atomic E-state index is 0.0129. The fourth-order valence-corrected chi connectivity index (χ4v) is 2.00.